The molecular weight excluding hydrogens is 258 g/mol. The summed E-state index contributed by atoms with van der Waals surface area (Å²) in [5.74, 6) is -0.131. The molecule has 1 fully saturated rings. The van der Waals surface area contributed by atoms with Gasteiger partial charge in [-0.1, -0.05) is 19.1 Å². The molecule has 0 heterocycles. The average Bonchev–Trinajstić information content (AvgIpc) is 2.84. The molecule has 0 bridgehead atoms. The van der Waals surface area contributed by atoms with Gasteiger partial charge in [0.25, 0.3) is 0 Å². The Morgan fingerprint density at radius 3 is 3.00 bits per heavy atom. The van der Waals surface area contributed by atoms with Gasteiger partial charge in [0.05, 0.1) is 6.61 Å². The lowest BCUT2D eigenvalue weighted by atomic mass is 9.98. The van der Waals surface area contributed by atoms with Crippen LogP contribution in [0.15, 0.2) is 24.3 Å². The van der Waals surface area contributed by atoms with E-state index in [4.69, 9.17) is 9.84 Å². The molecule has 2 rings (SSSR count). The predicted molar refractivity (Wildman–Crippen MR) is 74.7 cm³/mol. The summed E-state index contributed by atoms with van der Waals surface area (Å²) in [4.78, 5) is 11.5. The first-order chi connectivity index (χ1) is 9.59. The SMILES string of the molecule is CCNC1(C(=O)O)CCC(Oc2cccc(CO)c2)C1. The van der Waals surface area contributed by atoms with Gasteiger partial charge in [0.15, 0.2) is 0 Å². The van der Waals surface area contributed by atoms with Crippen molar-refractivity contribution in [1.82, 2.24) is 5.32 Å². The maximum absolute atomic E-state index is 11.5. The van der Waals surface area contributed by atoms with Crippen molar-refractivity contribution < 1.29 is 19.7 Å². The monoisotopic (exact) mass is 279 g/mol. The second kappa shape index (κ2) is 6.24. The van der Waals surface area contributed by atoms with E-state index in [-0.39, 0.29) is 12.7 Å². The summed E-state index contributed by atoms with van der Waals surface area (Å²) in [6.07, 6.45) is 1.63. The summed E-state index contributed by atoms with van der Waals surface area (Å²) in [5.41, 5.74) is -0.0785. The number of aliphatic hydroxyl groups is 1. The Bertz CT molecular complexity index is 477. The molecule has 0 saturated heterocycles. The van der Waals surface area contributed by atoms with Crippen LogP contribution in [0.1, 0.15) is 31.7 Å². The van der Waals surface area contributed by atoms with Gasteiger partial charge < -0.3 is 20.3 Å². The minimum absolute atomic E-state index is 0.0294. The van der Waals surface area contributed by atoms with E-state index < -0.39 is 11.5 Å². The lowest BCUT2D eigenvalue weighted by molar-refractivity contribution is -0.144. The Kier molecular flexibility index (Phi) is 4.62. The third-order valence-electron chi connectivity index (χ3n) is 3.78. The molecule has 1 saturated carbocycles. The number of rotatable bonds is 6. The van der Waals surface area contributed by atoms with Crippen LogP contribution in [-0.2, 0) is 11.4 Å². The van der Waals surface area contributed by atoms with Gasteiger partial charge in [-0.15, -0.1) is 0 Å². The Hall–Kier alpha value is -1.59. The third kappa shape index (κ3) is 3.11. The summed E-state index contributed by atoms with van der Waals surface area (Å²) in [5, 5.41) is 21.6. The third-order valence-corrected chi connectivity index (χ3v) is 3.78. The van der Waals surface area contributed by atoms with Crippen molar-refractivity contribution in [2.24, 2.45) is 0 Å². The number of likely N-dealkylation sites (N-methyl/N-ethyl adjacent to an activating group) is 1. The van der Waals surface area contributed by atoms with Gasteiger partial charge in [0.1, 0.15) is 17.4 Å². The molecule has 2 atom stereocenters. The van der Waals surface area contributed by atoms with Crippen molar-refractivity contribution in [3.8, 4) is 5.75 Å². The largest absolute Gasteiger partial charge is 0.490 e. The van der Waals surface area contributed by atoms with Gasteiger partial charge in [0, 0.05) is 6.42 Å². The second-order valence-electron chi connectivity index (χ2n) is 5.21. The molecule has 0 aromatic heterocycles. The van der Waals surface area contributed by atoms with E-state index in [2.05, 4.69) is 5.32 Å². The van der Waals surface area contributed by atoms with Crippen molar-refractivity contribution >= 4 is 5.97 Å². The van der Waals surface area contributed by atoms with Crippen LogP contribution in [0.5, 0.6) is 5.75 Å². The number of carboxylic acid groups (broad SMARTS) is 1. The van der Waals surface area contributed by atoms with E-state index in [1.54, 1.807) is 6.07 Å². The summed E-state index contributed by atoms with van der Waals surface area (Å²) in [6.45, 7) is 2.50. The van der Waals surface area contributed by atoms with Crippen LogP contribution >= 0.6 is 0 Å². The zero-order valence-corrected chi connectivity index (χ0v) is 11.6. The lowest BCUT2D eigenvalue weighted by Crippen LogP contribution is -2.50. The number of carboxylic acids is 1. The smallest absolute Gasteiger partial charge is 0.324 e. The van der Waals surface area contributed by atoms with Crippen molar-refractivity contribution in [2.45, 2.75) is 44.4 Å². The number of aliphatic hydroxyl groups excluding tert-OH is 1. The Balaban J connectivity index is 2.03. The van der Waals surface area contributed by atoms with E-state index >= 15 is 0 Å². The number of carbonyl (C=O) groups is 1. The van der Waals surface area contributed by atoms with Crippen molar-refractivity contribution in [3.63, 3.8) is 0 Å². The Morgan fingerprint density at radius 2 is 2.35 bits per heavy atom. The van der Waals surface area contributed by atoms with Crippen molar-refractivity contribution in [3.05, 3.63) is 29.8 Å². The molecule has 0 spiro atoms. The zero-order valence-electron chi connectivity index (χ0n) is 11.6. The lowest BCUT2D eigenvalue weighted by Gasteiger charge is -2.25. The topological polar surface area (TPSA) is 78.8 Å². The molecular formula is C15H21NO4. The van der Waals surface area contributed by atoms with E-state index in [1.165, 1.54) is 0 Å². The first kappa shape index (κ1) is 14.8. The maximum Gasteiger partial charge on any atom is 0.324 e. The average molecular weight is 279 g/mol. The number of hydrogen-bond acceptors (Lipinski definition) is 4. The van der Waals surface area contributed by atoms with Gasteiger partial charge >= 0.3 is 5.97 Å². The molecule has 1 aromatic rings. The molecule has 3 N–H and O–H groups in total. The fraction of sp³-hybridized carbons (Fsp3) is 0.533. The van der Waals surface area contributed by atoms with Gasteiger partial charge in [-0.3, -0.25) is 4.79 Å². The summed E-state index contributed by atoms with van der Waals surface area (Å²) in [7, 11) is 0. The first-order valence-corrected chi connectivity index (χ1v) is 6.94. The molecule has 1 aliphatic rings. The normalized spacial score (nSPS) is 25.6. The predicted octanol–water partition coefficient (Wildman–Crippen LogP) is 1.54. The fourth-order valence-corrected chi connectivity index (χ4v) is 2.78. The van der Waals surface area contributed by atoms with Crippen molar-refractivity contribution in [1.29, 1.82) is 0 Å². The number of nitrogens with one attached hydrogen (secondary N) is 1. The van der Waals surface area contributed by atoms with Crippen LogP contribution in [0.25, 0.3) is 0 Å². The van der Waals surface area contributed by atoms with Crippen LogP contribution in [0.2, 0.25) is 0 Å². The first-order valence-electron chi connectivity index (χ1n) is 6.94. The molecule has 0 aliphatic heterocycles. The van der Waals surface area contributed by atoms with E-state index in [0.29, 0.717) is 31.6 Å². The van der Waals surface area contributed by atoms with Crippen LogP contribution in [0.4, 0.5) is 0 Å². The minimum atomic E-state index is -0.867. The van der Waals surface area contributed by atoms with Crippen LogP contribution in [0.3, 0.4) is 0 Å². The van der Waals surface area contributed by atoms with Crippen LogP contribution in [0, 0.1) is 0 Å². The minimum Gasteiger partial charge on any atom is -0.490 e. The molecule has 1 aromatic carbocycles. The van der Waals surface area contributed by atoms with E-state index in [0.717, 1.165) is 5.56 Å². The molecule has 110 valence electrons. The highest BCUT2D eigenvalue weighted by molar-refractivity contribution is 5.79. The van der Waals surface area contributed by atoms with Gasteiger partial charge in [-0.2, -0.15) is 0 Å². The fourth-order valence-electron chi connectivity index (χ4n) is 2.78. The highest BCUT2D eigenvalue weighted by Crippen LogP contribution is 2.33. The molecule has 0 amide bonds. The quantitative estimate of drug-likeness (QED) is 0.736. The number of benzene rings is 1. The number of ether oxygens (including phenoxy) is 1. The van der Waals surface area contributed by atoms with Gasteiger partial charge in [0.2, 0.25) is 0 Å². The molecule has 2 unspecified atom stereocenters. The second-order valence-corrected chi connectivity index (χ2v) is 5.21. The maximum atomic E-state index is 11.5. The molecule has 1 aliphatic carbocycles. The highest BCUT2D eigenvalue weighted by atomic mass is 16.5. The Labute approximate surface area is 118 Å². The van der Waals surface area contributed by atoms with E-state index in [9.17, 15) is 9.90 Å². The molecule has 5 nitrogen and oxygen atoms in total. The number of aliphatic carboxylic acids is 1. The molecule has 5 heteroatoms. The molecule has 0 radical (unpaired) electrons. The summed E-state index contributed by atoms with van der Waals surface area (Å²) in [6, 6.07) is 7.26. The van der Waals surface area contributed by atoms with Gasteiger partial charge in [-0.05, 0) is 37.1 Å². The standard InChI is InChI=1S/C15H21NO4/c1-2-16-15(14(18)19)7-6-13(9-15)20-12-5-3-4-11(8-12)10-17/h3-5,8,13,16-17H,2,6-7,9-10H2,1H3,(H,18,19). The summed E-state index contributed by atoms with van der Waals surface area (Å²) < 4.78 is 5.86. The van der Waals surface area contributed by atoms with Gasteiger partial charge in [-0.25, -0.2) is 0 Å². The Morgan fingerprint density at radius 1 is 1.55 bits per heavy atom. The molecule has 20 heavy (non-hydrogen) atoms. The highest BCUT2D eigenvalue weighted by Gasteiger charge is 2.45. The number of hydrogen-bond donors (Lipinski definition) is 3. The van der Waals surface area contributed by atoms with Crippen molar-refractivity contribution in [2.75, 3.05) is 6.54 Å². The van der Waals surface area contributed by atoms with Crippen LogP contribution in [-0.4, -0.2) is 34.4 Å². The zero-order chi connectivity index (χ0) is 14.6. The van der Waals surface area contributed by atoms with Crippen LogP contribution < -0.4 is 10.1 Å². The summed E-state index contributed by atoms with van der Waals surface area (Å²) >= 11 is 0. The van der Waals surface area contributed by atoms with E-state index in [1.807, 2.05) is 25.1 Å².